The molecule has 0 saturated carbocycles. The second-order valence-corrected chi connectivity index (χ2v) is 9.27. The lowest BCUT2D eigenvalue weighted by atomic mass is 10.1. The van der Waals surface area contributed by atoms with Gasteiger partial charge in [-0.3, -0.25) is 4.90 Å². The minimum absolute atomic E-state index is 0.584. The molecule has 156 valence electrons. The molecule has 2 aliphatic rings. The molecule has 7 nitrogen and oxygen atoms in total. The molecule has 1 N–H and O–H groups in total. The molecular formula is C22H27N7S. The summed E-state index contributed by atoms with van der Waals surface area (Å²) in [6.45, 7) is 4.48. The van der Waals surface area contributed by atoms with Gasteiger partial charge in [-0.1, -0.05) is 0 Å². The number of thiazole rings is 1. The van der Waals surface area contributed by atoms with E-state index in [2.05, 4.69) is 62.2 Å². The third-order valence-corrected chi connectivity index (χ3v) is 7.08. The summed E-state index contributed by atoms with van der Waals surface area (Å²) in [5, 5.41) is 6.35. The number of aryl methyl sites for hydroxylation is 1. The Balaban J connectivity index is 1.33. The number of piperazine rings is 1. The minimum Gasteiger partial charge on any atom is -0.365 e. The van der Waals surface area contributed by atoms with Gasteiger partial charge in [0.25, 0.3) is 0 Å². The SMILES string of the molecule is Cc1cc(Nc2nccc(-c3csc(N(C)C)n3)n2)ccc1N1C[C@@H]2C[C@H]1CN2C. The number of likely N-dealkylation sites (N-methyl/N-ethyl adjacent to an activating group) is 1. The second kappa shape index (κ2) is 7.52. The van der Waals surface area contributed by atoms with E-state index in [9.17, 15) is 0 Å². The van der Waals surface area contributed by atoms with Gasteiger partial charge in [0.15, 0.2) is 5.13 Å². The van der Waals surface area contributed by atoms with E-state index in [-0.39, 0.29) is 0 Å². The molecule has 0 aliphatic carbocycles. The lowest BCUT2D eigenvalue weighted by Gasteiger charge is -2.34. The molecule has 30 heavy (non-hydrogen) atoms. The summed E-state index contributed by atoms with van der Waals surface area (Å²) in [5.74, 6) is 0.584. The van der Waals surface area contributed by atoms with Crippen molar-refractivity contribution in [2.75, 3.05) is 49.3 Å². The number of fused-ring (bicyclic) bond motifs is 2. The first-order chi connectivity index (χ1) is 14.5. The van der Waals surface area contributed by atoms with Gasteiger partial charge in [0, 0.05) is 62.2 Å². The molecule has 1 aromatic carbocycles. The van der Waals surface area contributed by atoms with Crippen molar-refractivity contribution in [3.8, 4) is 11.4 Å². The van der Waals surface area contributed by atoms with Crippen LogP contribution in [0.25, 0.3) is 11.4 Å². The molecule has 2 bridgehead atoms. The van der Waals surface area contributed by atoms with E-state index in [0.717, 1.165) is 35.3 Å². The Hall–Kier alpha value is -2.71. The highest BCUT2D eigenvalue weighted by atomic mass is 32.1. The molecule has 2 atom stereocenters. The van der Waals surface area contributed by atoms with E-state index >= 15 is 0 Å². The highest BCUT2D eigenvalue weighted by molar-refractivity contribution is 7.14. The maximum absolute atomic E-state index is 4.67. The van der Waals surface area contributed by atoms with Crippen molar-refractivity contribution in [1.82, 2.24) is 19.9 Å². The molecule has 3 aromatic rings. The maximum atomic E-state index is 4.67. The van der Waals surface area contributed by atoms with E-state index in [1.165, 1.54) is 17.7 Å². The molecular weight excluding hydrogens is 394 g/mol. The van der Waals surface area contributed by atoms with Crippen LogP contribution in [0.4, 0.5) is 22.5 Å². The standard InChI is InChI=1S/C22H27N7S/c1-14-9-15(5-6-20(14)29-12-16-10-17(29)11-28(16)4)24-21-23-8-7-18(25-21)19-13-30-22(26-19)27(2)3/h5-9,13,16-17H,10-12H2,1-4H3,(H,23,24,25)/t16-,17-/m0/s1. The third-order valence-electron chi connectivity index (χ3n) is 6.07. The van der Waals surface area contributed by atoms with Crippen molar-refractivity contribution >= 4 is 33.8 Å². The summed E-state index contributed by atoms with van der Waals surface area (Å²) in [5.41, 5.74) is 5.32. The minimum atomic E-state index is 0.584. The molecule has 2 aliphatic heterocycles. The summed E-state index contributed by atoms with van der Waals surface area (Å²) in [7, 11) is 6.23. The monoisotopic (exact) mass is 421 g/mol. The van der Waals surface area contributed by atoms with Crippen LogP contribution in [0.2, 0.25) is 0 Å². The van der Waals surface area contributed by atoms with Gasteiger partial charge in [-0.2, -0.15) is 0 Å². The van der Waals surface area contributed by atoms with Crippen molar-refractivity contribution in [3.63, 3.8) is 0 Å². The molecule has 8 heteroatoms. The zero-order chi connectivity index (χ0) is 20.8. The van der Waals surface area contributed by atoms with Crippen molar-refractivity contribution in [2.24, 2.45) is 0 Å². The Morgan fingerprint density at radius 3 is 2.63 bits per heavy atom. The van der Waals surface area contributed by atoms with E-state index in [0.29, 0.717) is 18.0 Å². The van der Waals surface area contributed by atoms with Crippen LogP contribution in [0.3, 0.4) is 0 Å². The highest BCUT2D eigenvalue weighted by Gasteiger charge is 2.41. The number of likely N-dealkylation sites (tertiary alicyclic amines) is 1. The van der Waals surface area contributed by atoms with Gasteiger partial charge in [0.1, 0.15) is 5.69 Å². The molecule has 5 rings (SSSR count). The van der Waals surface area contributed by atoms with Crippen LogP contribution in [0.15, 0.2) is 35.8 Å². The number of rotatable bonds is 5. The Morgan fingerprint density at radius 1 is 1.10 bits per heavy atom. The van der Waals surface area contributed by atoms with Gasteiger partial charge in [-0.05, 0) is 50.2 Å². The Morgan fingerprint density at radius 2 is 1.97 bits per heavy atom. The topological polar surface area (TPSA) is 60.4 Å². The quantitative estimate of drug-likeness (QED) is 0.675. The molecule has 2 saturated heterocycles. The van der Waals surface area contributed by atoms with Crippen molar-refractivity contribution in [1.29, 1.82) is 0 Å². The van der Waals surface area contributed by atoms with Crippen molar-refractivity contribution in [2.45, 2.75) is 25.4 Å². The van der Waals surface area contributed by atoms with E-state index in [4.69, 9.17) is 0 Å². The zero-order valence-electron chi connectivity index (χ0n) is 17.8. The van der Waals surface area contributed by atoms with Gasteiger partial charge < -0.3 is 15.1 Å². The first-order valence-electron chi connectivity index (χ1n) is 10.3. The molecule has 2 aromatic heterocycles. The molecule has 0 unspecified atom stereocenters. The van der Waals surface area contributed by atoms with Gasteiger partial charge in [-0.15, -0.1) is 11.3 Å². The third kappa shape index (κ3) is 3.50. The fourth-order valence-corrected chi connectivity index (χ4v) is 5.25. The smallest absolute Gasteiger partial charge is 0.227 e. The Kier molecular flexibility index (Phi) is 4.83. The first-order valence-corrected chi connectivity index (χ1v) is 11.2. The normalized spacial score (nSPS) is 20.7. The fraction of sp³-hybridized carbons (Fsp3) is 0.409. The number of hydrogen-bond donors (Lipinski definition) is 1. The second-order valence-electron chi connectivity index (χ2n) is 8.44. The van der Waals surface area contributed by atoms with Crippen LogP contribution in [-0.2, 0) is 0 Å². The van der Waals surface area contributed by atoms with Crippen molar-refractivity contribution in [3.05, 3.63) is 41.4 Å². The summed E-state index contributed by atoms with van der Waals surface area (Å²) < 4.78 is 0. The molecule has 0 spiro atoms. The molecule has 2 fully saturated rings. The van der Waals surface area contributed by atoms with E-state index in [1.54, 1.807) is 17.5 Å². The summed E-state index contributed by atoms with van der Waals surface area (Å²) in [6.07, 6.45) is 3.06. The van der Waals surface area contributed by atoms with E-state index in [1.807, 2.05) is 30.4 Å². The number of anilines is 4. The van der Waals surface area contributed by atoms with Gasteiger partial charge in [0.2, 0.25) is 5.95 Å². The van der Waals surface area contributed by atoms with Gasteiger partial charge in [-0.25, -0.2) is 15.0 Å². The molecule has 0 amide bonds. The Bertz CT molecular complexity index is 1060. The van der Waals surface area contributed by atoms with Crippen LogP contribution >= 0.6 is 11.3 Å². The van der Waals surface area contributed by atoms with Crippen molar-refractivity contribution < 1.29 is 0 Å². The zero-order valence-corrected chi connectivity index (χ0v) is 18.6. The van der Waals surface area contributed by atoms with Crippen LogP contribution in [-0.4, -0.2) is 66.2 Å². The average Bonchev–Trinajstić information content (AvgIpc) is 3.44. The largest absolute Gasteiger partial charge is 0.365 e. The fourth-order valence-electron chi connectivity index (χ4n) is 4.49. The number of nitrogens with one attached hydrogen (secondary N) is 1. The summed E-state index contributed by atoms with van der Waals surface area (Å²) in [6, 6.07) is 9.78. The molecule has 0 radical (unpaired) electrons. The number of aromatic nitrogens is 3. The Labute approximate surface area is 181 Å². The lowest BCUT2D eigenvalue weighted by molar-refractivity contribution is 0.292. The number of benzene rings is 1. The van der Waals surface area contributed by atoms with Crippen LogP contribution < -0.4 is 15.1 Å². The average molecular weight is 422 g/mol. The van der Waals surface area contributed by atoms with E-state index < -0.39 is 0 Å². The lowest BCUT2D eigenvalue weighted by Crippen LogP contribution is -2.44. The summed E-state index contributed by atoms with van der Waals surface area (Å²) in [4.78, 5) is 20.8. The predicted octanol–water partition coefficient (Wildman–Crippen LogP) is 3.61. The number of hydrogen-bond acceptors (Lipinski definition) is 8. The van der Waals surface area contributed by atoms with Crippen LogP contribution in [0.5, 0.6) is 0 Å². The van der Waals surface area contributed by atoms with Gasteiger partial charge in [0.05, 0.1) is 5.69 Å². The predicted molar refractivity (Wildman–Crippen MR) is 124 cm³/mol. The summed E-state index contributed by atoms with van der Waals surface area (Å²) >= 11 is 1.61. The van der Waals surface area contributed by atoms with Gasteiger partial charge >= 0.3 is 0 Å². The molecule has 4 heterocycles. The van der Waals surface area contributed by atoms with Crippen LogP contribution in [0.1, 0.15) is 12.0 Å². The maximum Gasteiger partial charge on any atom is 0.227 e. The first kappa shape index (κ1) is 19.3. The van der Waals surface area contributed by atoms with Crippen LogP contribution in [0, 0.1) is 6.92 Å². The number of nitrogens with zero attached hydrogens (tertiary/aromatic N) is 6. The highest BCUT2D eigenvalue weighted by Crippen LogP contribution is 2.36.